The molecule has 7 nitrogen and oxygen atoms in total. The van der Waals surface area contributed by atoms with Crippen molar-refractivity contribution >= 4 is 23.2 Å². The van der Waals surface area contributed by atoms with Crippen molar-refractivity contribution in [1.29, 1.82) is 0 Å². The van der Waals surface area contributed by atoms with E-state index in [1.165, 1.54) is 0 Å². The molecule has 0 saturated heterocycles. The Kier molecular flexibility index (Phi) is 6.67. The van der Waals surface area contributed by atoms with Crippen LogP contribution in [0.5, 0.6) is 17.2 Å². The van der Waals surface area contributed by atoms with Crippen molar-refractivity contribution in [2.75, 3.05) is 19.9 Å². The molecule has 1 aromatic heterocycles. The number of thiophene rings is 1. The first kappa shape index (κ1) is 22.3. The lowest BCUT2D eigenvalue weighted by Crippen LogP contribution is -2.45. The number of para-hydroxylation sites is 1. The first-order chi connectivity index (χ1) is 16.7. The molecule has 0 atom stereocenters. The molecule has 34 heavy (non-hydrogen) atoms. The summed E-state index contributed by atoms with van der Waals surface area (Å²) in [7, 11) is 0. The van der Waals surface area contributed by atoms with Crippen LogP contribution in [-0.2, 0) is 22.7 Å². The van der Waals surface area contributed by atoms with Crippen LogP contribution >= 0.6 is 11.3 Å². The van der Waals surface area contributed by atoms with Gasteiger partial charge in [0.25, 0.3) is 5.91 Å². The standard InChI is InChI=1S/C26H26N2O5S/c29-25(16-28(20-9-10-20)26(30)17-31-21-5-2-1-3-6-21)27(15-22-7-4-12-34-22)14-19-8-11-23-24(13-19)33-18-32-23/h1-8,11-13,20H,9-10,14-18H2. The molecule has 8 heteroatoms. The molecule has 1 saturated carbocycles. The summed E-state index contributed by atoms with van der Waals surface area (Å²) in [6.45, 7) is 1.07. The number of carbonyl (C=O) groups is 2. The van der Waals surface area contributed by atoms with Crippen LogP contribution in [0.25, 0.3) is 0 Å². The maximum Gasteiger partial charge on any atom is 0.261 e. The van der Waals surface area contributed by atoms with Gasteiger partial charge in [0.15, 0.2) is 18.1 Å². The van der Waals surface area contributed by atoms with Gasteiger partial charge in [-0.15, -0.1) is 11.3 Å². The van der Waals surface area contributed by atoms with Crippen LogP contribution in [0.1, 0.15) is 23.3 Å². The molecule has 2 heterocycles. The van der Waals surface area contributed by atoms with E-state index >= 15 is 0 Å². The van der Waals surface area contributed by atoms with Crippen LogP contribution in [0.15, 0.2) is 66.0 Å². The number of carbonyl (C=O) groups excluding carboxylic acids is 2. The summed E-state index contributed by atoms with van der Waals surface area (Å²) in [4.78, 5) is 31.0. The van der Waals surface area contributed by atoms with Gasteiger partial charge in [-0.3, -0.25) is 9.59 Å². The van der Waals surface area contributed by atoms with E-state index in [1.807, 2.05) is 66.0 Å². The monoisotopic (exact) mass is 478 g/mol. The number of fused-ring (bicyclic) bond motifs is 1. The van der Waals surface area contributed by atoms with Gasteiger partial charge in [-0.2, -0.15) is 0 Å². The lowest BCUT2D eigenvalue weighted by atomic mass is 10.2. The third-order valence-corrected chi connectivity index (χ3v) is 6.67. The van der Waals surface area contributed by atoms with Gasteiger partial charge >= 0.3 is 0 Å². The van der Waals surface area contributed by atoms with Gasteiger partial charge in [0.2, 0.25) is 12.7 Å². The largest absolute Gasteiger partial charge is 0.484 e. The van der Waals surface area contributed by atoms with Gasteiger partial charge in [-0.1, -0.05) is 30.3 Å². The van der Waals surface area contributed by atoms with E-state index in [9.17, 15) is 9.59 Å². The Balaban J connectivity index is 1.27. The summed E-state index contributed by atoms with van der Waals surface area (Å²) >= 11 is 1.61. The van der Waals surface area contributed by atoms with Gasteiger partial charge in [0.1, 0.15) is 12.3 Å². The molecule has 5 rings (SSSR count). The number of ether oxygens (including phenoxy) is 3. The highest BCUT2D eigenvalue weighted by atomic mass is 32.1. The molecular formula is C26H26N2O5S. The van der Waals surface area contributed by atoms with E-state index in [1.54, 1.807) is 21.1 Å². The van der Waals surface area contributed by atoms with Gasteiger partial charge in [0, 0.05) is 17.5 Å². The normalized spacial score (nSPS) is 14.0. The third-order valence-electron chi connectivity index (χ3n) is 5.81. The summed E-state index contributed by atoms with van der Waals surface area (Å²) in [5.74, 6) is 1.78. The second-order valence-electron chi connectivity index (χ2n) is 8.37. The Morgan fingerprint density at radius 3 is 2.53 bits per heavy atom. The van der Waals surface area contributed by atoms with Crippen LogP contribution < -0.4 is 14.2 Å². The maximum atomic E-state index is 13.5. The van der Waals surface area contributed by atoms with Crippen LogP contribution in [0.3, 0.4) is 0 Å². The fourth-order valence-corrected chi connectivity index (χ4v) is 4.60. The molecule has 0 bridgehead atoms. The zero-order valence-electron chi connectivity index (χ0n) is 18.7. The number of hydrogen-bond acceptors (Lipinski definition) is 6. The molecule has 0 N–H and O–H groups in total. The highest BCUT2D eigenvalue weighted by Gasteiger charge is 2.35. The minimum absolute atomic E-state index is 0.0393. The lowest BCUT2D eigenvalue weighted by molar-refractivity contribution is -0.142. The molecule has 0 unspecified atom stereocenters. The minimum Gasteiger partial charge on any atom is -0.484 e. The van der Waals surface area contributed by atoms with Crippen molar-refractivity contribution in [3.05, 3.63) is 76.5 Å². The first-order valence-corrected chi connectivity index (χ1v) is 12.2. The SMILES string of the molecule is O=C(CN(C(=O)COc1ccccc1)C1CC1)N(Cc1ccc2c(c1)OCO2)Cc1cccs1. The van der Waals surface area contributed by atoms with Crippen molar-refractivity contribution in [2.45, 2.75) is 32.0 Å². The molecule has 1 aliphatic heterocycles. The molecule has 2 aliphatic rings. The minimum atomic E-state index is -0.168. The Bertz CT molecular complexity index is 1130. The predicted molar refractivity (Wildman–Crippen MR) is 128 cm³/mol. The predicted octanol–water partition coefficient (Wildman–Crippen LogP) is 4.08. The van der Waals surface area contributed by atoms with Crippen molar-refractivity contribution < 1.29 is 23.8 Å². The first-order valence-electron chi connectivity index (χ1n) is 11.3. The second kappa shape index (κ2) is 10.2. The van der Waals surface area contributed by atoms with E-state index < -0.39 is 0 Å². The highest BCUT2D eigenvalue weighted by molar-refractivity contribution is 7.09. The molecule has 0 radical (unpaired) electrons. The average molecular weight is 479 g/mol. The van der Waals surface area contributed by atoms with Gasteiger partial charge in [-0.25, -0.2) is 0 Å². The second-order valence-corrected chi connectivity index (χ2v) is 9.40. The zero-order valence-corrected chi connectivity index (χ0v) is 19.5. The maximum absolute atomic E-state index is 13.5. The average Bonchev–Trinajstić information content (AvgIpc) is 3.35. The Labute approximate surface area is 202 Å². The Hall–Kier alpha value is -3.52. The summed E-state index contributed by atoms with van der Waals surface area (Å²) in [6, 6.07) is 19.1. The Morgan fingerprint density at radius 1 is 0.941 bits per heavy atom. The molecule has 0 spiro atoms. The summed E-state index contributed by atoms with van der Waals surface area (Å²) in [6.07, 6.45) is 1.83. The van der Waals surface area contributed by atoms with E-state index in [0.717, 1.165) is 23.3 Å². The molecule has 2 amide bonds. The quantitative estimate of drug-likeness (QED) is 0.439. The Morgan fingerprint density at radius 2 is 1.76 bits per heavy atom. The highest BCUT2D eigenvalue weighted by Crippen LogP contribution is 2.33. The van der Waals surface area contributed by atoms with Crippen LogP contribution in [-0.4, -0.2) is 47.6 Å². The molecule has 176 valence electrons. The number of hydrogen-bond donors (Lipinski definition) is 0. The summed E-state index contributed by atoms with van der Waals surface area (Å²) in [5, 5.41) is 2.00. The van der Waals surface area contributed by atoms with Gasteiger partial charge in [0.05, 0.1) is 6.54 Å². The molecule has 1 fully saturated rings. The van der Waals surface area contributed by atoms with Gasteiger partial charge in [-0.05, 0) is 54.1 Å². The number of rotatable bonds is 10. The smallest absolute Gasteiger partial charge is 0.261 e. The topological polar surface area (TPSA) is 68.3 Å². The number of nitrogens with zero attached hydrogens (tertiary/aromatic N) is 2. The van der Waals surface area contributed by atoms with Crippen molar-refractivity contribution in [3.8, 4) is 17.2 Å². The van der Waals surface area contributed by atoms with E-state index in [4.69, 9.17) is 14.2 Å². The fraction of sp³-hybridized carbons (Fsp3) is 0.308. The molecule has 3 aromatic rings. The van der Waals surface area contributed by atoms with Crippen molar-refractivity contribution in [3.63, 3.8) is 0 Å². The number of benzene rings is 2. The zero-order chi connectivity index (χ0) is 23.3. The lowest BCUT2D eigenvalue weighted by Gasteiger charge is -2.28. The van der Waals surface area contributed by atoms with Gasteiger partial charge < -0.3 is 24.0 Å². The van der Waals surface area contributed by atoms with E-state index in [-0.39, 0.29) is 37.8 Å². The summed E-state index contributed by atoms with van der Waals surface area (Å²) < 4.78 is 16.5. The van der Waals surface area contributed by atoms with Crippen LogP contribution in [0.2, 0.25) is 0 Å². The van der Waals surface area contributed by atoms with Crippen molar-refractivity contribution in [2.24, 2.45) is 0 Å². The van der Waals surface area contributed by atoms with Crippen LogP contribution in [0, 0.1) is 0 Å². The van der Waals surface area contributed by atoms with Crippen molar-refractivity contribution in [1.82, 2.24) is 9.80 Å². The summed E-state index contributed by atoms with van der Waals surface area (Å²) in [5.41, 5.74) is 0.950. The molecule has 1 aliphatic carbocycles. The molecular weight excluding hydrogens is 452 g/mol. The molecule has 2 aromatic carbocycles. The number of amides is 2. The van der Waals surface area contributed by atoms with E-state index in [0.29, 0.717) is 30.3 Å². The van der Waals surface area contributed by atoms with Crippen LogP contribution in [0.4, 0.5) is 0 Å². The van der Waals surface area contributed by atoms with E-state index in [2.05, 4.69) is 0 Å². The fourth-order valence-electron chi connectivity index (χ4n) is 3.88. The third kappa shape index (κ3) is 5.51.